The fourth-order valence-electron chi connectivity index (χ4n) is 2.35. The highest BCUT2D eigenvalue weighted by Gasteiger charge is 2.19. The van der Waals surface area contributed by atoms with Crippen molar-refractivity contribution in [3.63, 3.8) is 0 Å². The van der Waals surface area contributed by atoms with Crippen LogP contribution in [0.3, 0.4) is 0 Å². The average molecular weight is 284 g/mol. The molecule has 21 heavy (non-hydrogen) atoms. The summed E-state index contributed by atoms with van der Waals surface area (Å²) in [5.74, 6) is -0.180. The topological polar surface area (TPSA) is 75.3 Å². The monoisotopic (exact) mass is 284 g/mol. The Morgan fingerprint density at radius 3 is 2.29 bits per heavy atom. The zero-order chi connectivity index (χ0) is 15.4. The SMILES string of the molecule is Cc1cc(C(NCc2ccccc2)C(N)=O)cc(C)c1O. The van der Waals surface area contributed by atoms with Gasteiger partial charge in [0.2, 0.25) is 5.91 Å². The number of aromatic hydroxyl groups is 1. The molecule has 110 valence electrons. The molecule has 0 aliphatic heterocycles. The van der Waals surface area contributed by atoms with E-state index in [0.29, 0.717) is 6.54 Å². The van der Waals surface area contributed by atoms with E-state index in [-0.39, 0.29) is 5.75 Å². The van der Waals surface area contributed by atoms with Gasteiger partial charge >= 0.3 is 0 Å². The molecule has 0 heterocycles. The highest BCUT2D eigenvalue weighted by atomic mass is 16.3. The van der Waals surface area contributed by atoms with Crippen molar-refractivity contribution in [3.05, 3.63) is 64.7 Å². The van der Waals surface area contributed by atoms with Gasteiger partial charge in [-0.3, -0.25) is 10.1 Å². The van der Waals surface area contributed by atoms with Gasteiger partial charge in [0.15, 0.2) is 0 Å². The van der Waals surface area contributed by atoms with Gasteiger partial charge in [0.1, 0.15) is 11.8 Å². The van der Waals surface area contributed by atoms with Gasteiger partial charge in [-0.2, -0.15) is 0 Å². The lowest BCUT2D eigenvalue weighted by atomic mass is 9.99. The van der Waals surface area contributed by atoms with E-state index in [0.717, 1.165) is 22.3 Å². The van der Waals surface area contributed by atoms with Crippen LogP contribution >= 0.6 is 0 Å². The number of benzene rings is 2. The number of carbonyl (C=O) groups excluding carboxylic acids is 1. The highest BCUT2D eigenvalue weighted by Crippen LogP contribution is 2.26. The molecule has 4 N–H and O–H groups in total. The van der Waals surface area contributed by atoms with Crippen LogP contribution in [-0.2, 0) is 11.3 Å². The van der Waals surface area contributed by atoms with Gasteiger partial charge in [0.05, 0.1) is 0 Å². The Hall–Kier alpha value is -2.33. The fourth-order valence-corrected chi connectivity index (χ4v) is 2.35. The number of rotatable bonds is 5. The van der Waals surface area contributed by atoms with E-state index < -0.39 is 11.9 Å². The number of amides is 1. The molecule has 0 aromatic heterocycles. The van der Waals surface area contributed by atoms with Crippen molar-refractivity contribution in [1.82, 2.24) is 5.32 Å². The van der Waals surface area contributed by atoms with Gasteiger partial charge in [-0.25, -0.2) is 0 Å². The Kier molecular flexibility index (Phi) is 4.60. The van der Waals surface area contributed by atoms with E-state index in [1.807, 2.05) is 30.3 Å². The lowest BCUT2D eigenvalue weighted by Gasteiger charge is -2.18. The summed E-state index contributed by atoms with van der Waals surface area (Å²) >= 11 is 0. The van der Waals surface area contributed by atoms with Crippen LogP contribution in [0.25, 0.3) is 0 Å². The minimum absolute atomic E-state index is 0.255. The van der Waals surface area contributed by atoms with Crippen LogP contribution in [0.2, 0.25) is 0 Å². The smallest absolute Gasteiger partial charge is 0.239 e. The molecule has 0 radical (unpaired) electrons. The first-order valence-corrected chi connectivity index (χ1v) is 6.85. The molecule has 2 aromatic rings. The van der Waals surface area contributed by atoms with Gasteiger partial charge in [-0.1, -0.05) is 42.5 Å². The Morgan fingerprint density at radius 1 is 1.19 bits per heavy atom. The Balaban J connectivity index is 2.21. The molecule has 2 aromatic carbocycles. The van der Waals surface area contributed by atoms with Crippen LogP contribution in [0.5, 0.6) is 5.75 Å². The first-order valence-electron chi connectivity index (χ1n) is 6.85. The van der Waals surface area contributed by atoms with Gasteiger partial charge < -0.3 is 10.8 Å². The van der Waals surface area contributed by atoms with E-state index in [1.54, 1.807) is 26.0 Å². The number of phenolic OH excluding ortho intramolecular Hbond substituents is 1. The molecule has 0 saturated heterocycles. The quantitative estimate of drug-likeness (QED) is 0.788. The molecule has 0 aliphatic carbocycles. The number of nitrogens with two attached hydrogens (primary N) is 1. The first kappa shape index (κ1) is 15.1. The lowest BCUT2D eigenvalue weighted by Crippen LogP contribution is -2.33. The maximum absolute atomic E-state index is 11.7. The van der Waals surface area contributed by atoms with Crippen molar-refractivity contribution >= 4 is 5.91 Å². The summed E-state index contributed by atoms with van der Waals surface area (Å²) in [5, 5.41) is 13.0. The summed E-state index contributed by atoms with van der Waals surface area (Å²) in [6, 6.07) is 12.8. The molecule has 4 heteroatoms. The van der Waals surface area contributed by atoms with Crippen molar-refractivity contribution in [2.45, 2.75) is 26.4 Å². The molecular weight excluding hydrogens is 264 g/mol. The molecule has 4 nitrogen and oxygen atoms in total. The first-order chi connectivity index (χ1) is 9.99. The summed E-state index contributed by atoms with van der Waals surface area (Å²) in [5.41, 5.74) is 8.82. The maximum Gasteiger partial charge on any atom is 0.239 e. The minimum Gasteiger partial charge on any atom is -0.507 e. The molecule has 0 fully saturated rings. The Labute approximate surface area is 124 Å². The molecule has 0 spiro atoms. The van der Waals surface area contributed by atoms with Crippen LogP contribution in [0.4, 0.5) is 0 Å². The highest BCUT2D eigenvalue weighted by molar-refractivity contribution is 5.81. The number of phenols is 1. The molecule has 1 atom stereocenters. The third-order valence-electron chi connectivity index (χ3n) is 3.48. The zero-order valence-corrected chi connectivity index (χ0v) is 12.3. The molecule has 2 rings (SSSR count). The van der Waals surface area contributed by atoms with Crippen LogP contribution in [0.15, 0.2) is 42.5 Å². The summed E-state index contributed by atoms with van der Waals surface area (Å²) in [4.78, 5) is 11.7. The van der Waals surface area contributed by atoms with Gasteiger partial charge in [0.25, 0.3) is 0 Å². The molecule has 0 aliphatic rings. The van der Waals surface area contributed by atoms with Gasteiger partial charge in [-0.05, 0) is 36.1 Å². The molecule has 1 amide bonds. The van der Waals surface area contributed by atoms with Crippen molar-refractivity contribution < 1.29 is 9.90 Å². The number of hydrogen-bond acceptors (Lipinski definition) is 3. The molecule has 0 bridgehead atoms. The van der Waals surface area contributed by atoms with E-state index in [2.05, 4.69) is 5.32 Å². The Morgan fingerprint density at radius 2 is 1.76 bits per heavy atom. The van der Waals surface area contributed by atoms with E-state index in [4.69, 9.17) is 5.73 Å². The third kappa shape index (κ3) is 3.61. The molecular formula is C17H20N2O2. The van der Waals surface area contributed by atoms with Crippen molar-refractivity contribution in [2.75, 3.05) is 0 Å². The summed E-state index contributed by atoms with van der Waals surface area (Å²) < 4.78 is 0. The number of nitrogens with one attached hydrogen (secondary N) is 1. The second-order valence-electron chi connectivity index (χ2n) is 5.21. The third-order valence-corrected chi connectivity index (χ3v) is 3.48. The number of primary amides is 1. The van der Waals surface area contributed by atoms with Crippen LogP contribution in [0, 0.1) is 13.8 Å². The Bertz CT molecular complexity index is 615. The largest absolute Gasteiger partial charge is 0.507 e. The molecule has 1 unspecified atom stereocenters. The lowest BCUT2D eigenvalue weighted by molar-refractivity contribution is -0.120. The second-order valence-corrected chi connectivity index (χ2v) is 5.21. The van der Waals surface area contributed by atoms with Crippen molar-refractivity contribution in [2.24, 2.45) is 5.73 Å². The average Bonchev–Trinajstić information content (AvgIpc) is 2.45. The predicted molar refractivity (Wildman–Crippen MR) is 82.8 cm³/mol. The minimum atomic E-state index is -0.580. The zero-order valence-electron chi connectivity index (χ0n) is 12.3. The van der Waals surface area contributed by atoms with E-state index >= 15 is 0 Å². The van der Waals surface area contributed by atoms with Crippen molar-refractivity contribution in [3.8, 4) is 5.75 Å². The predicted octanol–water partition coefficient (Wildman–Crippen LogP) is 2.33. The second kappa shape index (κ2) is 6.41. The van der Waals surface area contributed by atoms with Gasteiger partial charge in [-0.15, -0.1) is 0 Å². The number of carbonyl (C=O) groups is 1. The number of hydrogen-bond donors (Lipinski definition) is 3. The summed E-state index contributed by atoms with van der Waals surface area (Å²) in [6.07, 6.45) is 0. The fraction of sp³-hybridized carbons (Fsp3) is 0.235. The van der Waals surface area contributed by atoms with E-state index in [1.165, 1.54) is 0 Å². The van der Waals surface area contributed by atoms with Crippen LogP contribution in [0.1, 0.15) is 28.3 Å². The standard InChI is InChI=1S/C17H20N2O2/c1-11-8-14(9-12(2)16(11)20)15(17(18)21)19-10-13-6-4-3-5-7-13/h3-9,15,19-20H,10H2,1-2H3,(H2,18,21). The van der Waals surface area contributed by atoms with Crippen LogP contribution in [-0.4, -0.2) is 11.0 Å². The van der Waals surface area contributed by atoms with Gasteiger partial charge in [0, 0.05) is 6.54 Å². The normalized spacial score (nSPS) is 12.1. The summed E-state index contributed by atoms with van der Waals surface area (Å²) in [7, 11) is 0. The summed E-state index contributed by atoms with van der Waals surface area (Å²) in [6.45, 7) is 4.16. The number of aryl methyl sites for hydroxylation is 2. The van der Waals surface area contributed by atoms with E-state index in [9.17, 15) is 9.90 Å². The van der Waals surface area contributed by atoms with Crippen LogP contribution < -0.4 is 11.1 Å². The van der Waals surface area contributed by atoms with Crippen molar-refractivity contribution in [1.29, 1.82) is 0 Å². The maximum atomic E-state index is 11.7. The molecule has 0 saturated carbocycles.